The van der Waals surface area contributed by atoms with Gasteiger partial charge in [0.25, 0.3) is 0 Å². The first-order valence-corrected chi connectivity index (χ1v) is 13.8. The predicted molar refractivity (Wildman–Crippen MR) is 139 cm³/mol. The van der Waals surface area contributed by atoms with E-state index < -0.39 is 0 Å². The van der Waals surface area contributed by atoms with Crippen LogP contribution in [0.2, 0.25) is 0 Å². The summed E-state index contributed by atoms with van der Waals surface area (Å²) in [6, 6.07) is 2.99. The highest BCUT2D eigenvalue weighted by molar-refractivity contribution is 5.69. The van der Waals surface area contributed by atoms with E-state index in [-0.39, 0.29) is 24.3 Å². The molecule has 0 aromatic carbocycles. The molecule has 3 aliphatic heterocycles. The van der Waals surface area contributed by atoms with E-state index in [4.69, 9.17) is 14.8 Å². The van der Waals surface area contributed by atoms with Crippen molar-refractivity contribution in [1.82, 2.24) is 24.4 Å². The molecule has 4 aliphatic rings. The van der Waals surface area contributed by atoms with Crippen LogP contribution in [0.1, 0.15) is 88.8 Å². The predicted octanol–water partition coefficient (Wildman–Crippen LogP) is 4.37. The highest BCUT2D eigenvalue weighted by Gasteiger charge is 2.45. The molecule has 1 N–H and O–H groups in total. The molecule has 8 nitrogen and oxygen atoms in total. The number of nitrogens with zero attached hydrogens (tertiary/aromatic N) is 5. The lowest BCUT2D eigenvalue weighted by atomic mass is 9.97. The fourth-order valence-corrected chi connectivity index (χ4v) is 6.33. The Morgan fingerprint density at radius 2 is 1.97 bits per heavy atom. The van der Waals surface area contributed by atoms with Crippen molar-refractivity contribution in [3.63, 3.8) is 0 Å². The number of fused-ring (bicyclic) bond motifs is 3. The van der Waals surface area contributed by atoms with Crippen LogP contribution in [-0.2, 0) is 4.74 Å². The van der Waals surface area contributed by atoms with Gasteiger partial charge in [0.2, 0.25) is 0 Å². The van der Waals surface area contributed by atoms with Crippen molar-refractivity contribution in [1.29, 1.82) is 0 Å². The highest BCUT2D eigenvalue weighted by atomic mass is 16.6. The van der Waals surface area contributed by atoms with Gasteiger partial charge in [-0.15, -0.1) is 5.92 Å². The number of rotatable bonds is 6. The number of nitrogens with one attached hydrogen (secondary N) is 1. The van der Waals surface area contributed by atoms with Crippen molar-refractivity contribution in [2.24, 2.45) is 0 Å². The molecule has 4 fully saturated rings. The van der Waals surface area contributed by atoms with Crippen LogP contribution < -0.4 is 5.32 Å². The molecule has 2 aromatic rings. The third-order valence-corrected chi connectivity index (χ3v) is 8.41. The van der Waals surface area contributed by atoms with Crippen molar-refractivity contribution in [2.45, 2.75) is 102 Å². The number of hydrogen-bond donors (Lipinski definition) is 1. The second-order valence-corrected chi connectivity index (χ2v) is 11.4. The lowest BCUT2D eigenvalue weighted by Crippen LogP contribution is -2.50. The average molecular weight is 491 g/mol. The fraction of sp³-hybridized carbons (Fsp3) is 0.679. The summed E-state index contributed by atoms with van der Waals surface area (Å²) in [5.41, 5.74) is 3.37. The summed E-state index contributed by atoms with van der Waals surface area (Å²) in [5.74, 6) is 8.07. The zero-order valence-electron chi connectivity index (χ0n) is 21.7. The summed E-state index contributed by atoms with van der Waals surface area (Å²) in [5, 5.41) is 8.52. The zero-order chi connectivity index (χ0) is 24.8. The van der Waals surface area contributed by atoms with Gasteiger partial charge in [0.1, 0.15) is 11.9 Å². The minimum absolute atomic E-state index is 0.0210. The van der Waals surface area contributed by atoms with Crippen molar-refractivity contribution in [3.05, 3.63) is 23.5 Å². The van der Waals surface area contributed by atoms with Crippen LogP contribution in [-0.4, -0.2) is 74.4 Å². The van der Waals surface area contributed by atoms with Gasteiger partial charge >= 0.3 is 6.09 Å². The average Bonchev–Trinajstić information content (AvgIpc) is 3.35. The molecule has 36 heavy (non-hydrogen) atoms. The van der Waals surface area contributed by atoms with Crippen molar-refractivity contribution in [2.75, 3.05) is 25.0 Å². The lowest BCUT2D eigenvalue weighted by Gasteiger charge is -2.39. The minimum atomic E-state index is -0.120. The first-order valence-electron chi connectivity index (χ1n) is 13.8. The number of hydrogen-bond acceptors (Lipinski definition) is 6. The van der Waals surface area contributed by atoms with Gasteiger partial charge in [-0.2, -0.15) is 9.61 Å². The molecule has 3 atom stereocenters. The molecule has 3 saturated heterocycles. The number of likely N-dealkylation sites (tertiary alicyclic amines) is 1. The molecular formula is C28H38N6O2. The van der Waals surface area contributed by atoms with E-state index in [0.717, 1.165) is 63.2 Å². The van der Waals surface area contributed by atoms with Gasteiger partial charge in [-0.1, -0.05) is 19.8 Å². The number of anilines is 1. The van der Waals surface area contributed by atoms with Gasteiger partial charge in [-0.05, 0) is 57.8 Å². The van der Waals surface area contributed by atoms with Crippen LogP contribution in [0.4, 0.5) is 10.6 Å². The number of piperidine rings is 1. The zero-order valence-corrected chi connectivity index (χ0v) is 21.7. The molecule has 0 radical (unpaired) electrons. The molecule has 5 heterocycles. The molecule has 6 rings (SSSR count). The SMILES string of the molecule is CC#CCN1CC[C@@H](OC(=O)N2C3CCC2CC(Nc2cc(C4CC4)nc4c(C(C)C)cnn24)C3)C1. The minimum Gasteiger partial charge on any atom is -0.445 e. The van der Waals surface area contributed by atoms with Crippen LogP contribution in [0.3, 0.4) is 0 Å². The smallest absolute Gasteiger partial charge is 0.410 e. The second kappa shape index (κ2) is 9.59. The van der Waals surface area contributed by atoms with Crippen LogP contribution in [0.5, 0.6) is 0 Å². The molecule has 2 bridgehead atoms. The van der Waals surface area contributed by atoms with Crippen molar-refractivity contribution >= 4 is 17.6 Å². The van der Waals surface area contributed by atoms with Crippen LogP contribution in [0.25, 0.3) is 5.65 Å². The van der Waals surface area contributed by atoms with E-state index in [9.17, 15) is 4.79 Å². The van der Waals surface area contributed by atoms with Gasteiger partial charge < -0.3 is 15.0 Å². The maximum atomic E-state index is 13.2. The van der Waals surface area contributed by atoms with E-state index >= 15 is 0 Å². The van der Waals surface area contributed by atoms with Crippen LogP contribution in [0, 0.1) is 11.8 Å². The van der Waals surface area contributed by atoms with Crippen molar-refractivity contribution < 1.29 is 9.53 Å². The van der Waals surface area contributed by atoms with Crippen LogP contribution in [0.15, 0.2) is 12.3 Å². The molecule has 2 unspecified atom stereocenters. The quantitative estimate of drug-likeness (QED) is 0.606. The summed E-state index contributed by atoms with van der Waals surface area (Å²) in [7, 11) is 0. The Morgan fingerprint density at radius 1 is 1.19 bits per heavy atom. The molecule has 1 aliphatic carbocycles. The normalized spacial score (nSPS) is 27.9. The highest BCUT2D eigenvalue weighted by Crippen LogP contribution is 2.41. The maximum Gasteiger partial charge on any atom is 0.410 e. The Morgan fingerprint density at radius 3 is 2.67 bits per heavy atom. The van der Waals surface area contributed by atoms with Gasteiger partial charge in [0, 0.05) is 54.5 Å². The summed E-state index contributed by atoms with van der Waals surface area (Å²) in [4.78, 5) is 22.5. The largest absolute Gasteiger partial charge is 0.445 e. The number of ether oxygens (including phenoxy) is 1. The molecule has 0 spiro atoms. The Labute approximate surface area is 213 Å². The summed E-state index contributed by atoms with van der Waals surface area (Å²) in [6.45, 7) is 8.75. The Kier molecular flexibility index (Phi) is 6.28. The third kappa shape index (κ3) is 4.54. The number of amides is 1. The summed E-state index contributed by atoms with van der Waals surface area (Å²) >= 11 is 0. The standard InChI is InChI=1S/C28H38N6O2/c1-4-5-11-32-12-10-23(17-32)36-28(35)33-21-8-9-22(33)14-20(13-21)30-26-15-25(19-6-7-19)31-27-24(18(2)3)16-29-34(26)27/h15-16,18-23,30H,6-14,17H2,1-3H3/t20?,21?,22?,23-/m1/s1. The van der Waals surface area contributed by atoms with Gasteiger partial charge in [0.05, 0.1) is 12.7 Å². The fourth-order valence-electron chi connectivity index (χ4n) is 6.33. The van der Waals surface area contributed by atoms with Gasteiger partial charge in [0.15, 0.2) is 5.65 Å². The maximum absolute atomic E-state index is 13.2. The Balaban J connectivity index is 1.13. The topological polar surface area (TPSA) is 75.0 Å². The first kappa shape index (κ1) is 23.6. The first-order chi connectivity index (χ1) is 17.5. The van der Waals surface area contributed by atoms with Crippen LogP contribution >= 0.6 is 0 Å². The van der Waals surface area contributed by atoms with E-state index in [1.807, 2.05) is 17.6 Å². The molecule has 1 saturated carbocycles. The van der Waals surface area contributed by atoms with E-state index in [0.29, 0.717) is 17.9 Å². The Bertz CT molecular complexity index is 1180. The van der Waals surface area contributed by atoms with Crippen molar-refractivity contribution in [3.8, 4) is 11.8 Å². The molecule has 192 valence electrons. The lowest BCUT2D eigenvalue weighted by molar-refractivity contribution is 0.0405. The van der Waals surface area contributed by atoms with E-state index in [1.54, 1.807) is 0 Å². The summed E-state index contributed by atoms with van der Waals surface area (Å²) in [6.07, 6.45) is 9.16. The van der Waals surface area contributed by atoms with E-state index in [2.05, 4.69) is 46.9 Å². The van der Waals surface area contributed by atoms with E-state index in [1.165, 1.54) is 24.1 Å². The Hall–Kier alpha value is -2.79. The second-order valence-electron chi connectivity index (χ2n) is 11.4. The third-order valence-electron chi connectivity index (χ3n) is 8.41. The van der Waals surface area contributed by atoms with Gasteiger partial charge in [-0.25, -0.2) is 9.78 Å². The molecular weight excluding hydrogens is 452 g/mol. The molecule has 1 amide bonds. The molecule has 2 aromatic heterocycles. The number of aromatic nitrogens is 3. The number of carbonyl (C=O) groups is 1. The van der Waals surface area contributed by atoms with Gasteiger partial charge in [-0.3, -0.25) is 4.90 Å². The molecule has 8 heteroatoms. The summed E-state index contributed by atoms with van der Waals surface area (Å²) < 4.78 is 7.97. The monoisotopic (exact) mass is 490 g/mol. The number of carbonyl (C=O) groups excluding carboxylic acids is 1.